The molecule has 1 aromatic rings. The molecule has 1 aromatic carbocycles. The van der Waals surface area contributed by atoms with Crippen molar-refractivity contribution in [3.8, 4) is 0 Å². The fourth-order valence-corrected chi connectivity index (χ4v) is 4.08. The van der Waals surface area contributed by atoms with Gasteiger partial charge in [0.05, 0.1) is 0 Å². The standard InChI is InChI=1S/C19H29BrN4/c1-15-6-9-23(10-7-15)19(21-2)22-13-16-8-11-24(14-16)18-5-3-4-17(20)12-18/h3-5,12,15-16H,6-11,13-14H2,1-2H3,(H,21,22). The summed E-state index contributed by atoms with van der Waals surface area (Å²) >= 11 is 3.57. The molecule has 0 spiro atoms. The second-order valence-corrected chi connectivity index (χ2v) is 8.09. The molecule has 2 aliphatic rings. The topological polar surface area (TPSA) is 30.9 Å². The van der Waals surface area contributed by atoms with Gasteiger partial charge in [0.1, 0.15) is 0 Å². The average Bonchev–Trinajstić information content (AvgIpc) is 3.06. The fraction of sp³-hybridized carbons (Fsp3) is 0.632. The molecule has 2 saturated heterocycles. The first-order chi connectivity index (χ1) is 11.7. The van der Waals surface area contributed by atoms with Crippen LogP contribution in [-0.4, -0.2) is 50.6 Å². The molecule has 3 rings (SSSR count). The van der Waals surface area contributed by atoms with E-state index in [4.69, 9.17) is 0 Å². The molecule has 0 aliphatic carbocycles. The van der Waals surface area contributed by atoms with Crippen LogP contribution in [0.25, 0.3) is 0 Å². The third-order valence-corrected chi connectivity index (χ3v) is 5.80. The first-order valence-corrected chi connectivity index (χ1v) is 9.91. The normalized spacial score (nSPS) is 23.0. The number of halogens is 1. The van der Waals surface area contributed by atoms with E-state index >= 15 is 0 Å². The molecule has 2 heterocycles. The van der Waals surface area contributed by atoms with Crippen LogP contribution in [0.5, 0.6) is 0 Å². The highest BCUT2D eigenvalue weighted by Crippen LogP contribution is 2.26. The van der Waals surface area contributed by atoms with Gasteiger partial charge in [-0.1, -0.05) is 28.9 Å². The van der Waals surface area contributed by atoms with E-state index in [1.54, 1.807) is 0 Å². The van der Waals surface area contributed by atoms with E-state index in [0.29, 0.717) is 5.92 Å². The largest absolute Gasteiger partial charge is 0.371 e. The van der Waals surface area contributed by atoms with E-state index in [1.165, 1.54) is 24.9 Å². The molecule has 0 amide bonds. The second kappa shape index (κ2) is 8.24. The smallest absolute Gasteiger partial charge is 0.193 e. The van der Waals surface area contributed by atoms with Gasteiger partial charge < -0.3 is 15.1 Å². The molecule has 0 bridgehead atoms. The Bertz CT molecular complexity index is 566. The molecule has 4 nitrogen and oxygen atoms in total. The SMILES string of the molecule is CN=C(NCC1CCN(c2cccc(Br)c2)C1)N1CCC(C)CC1. The number of aliphatic imine (C=N–C) groups is 1. The van der Waals surface area contributed by atoms with Gasteiger partial charge in [0.15, 0.2) is 5.96 Å². The maximum absolute atomic E-state index is 4.50. The van der Waals surface area contributed by atoms with Crippen molar-refractivity contribution in [1.82, 2.24) is 10.2 Å². The molecular weight excluding hydrogens is 364 g/mol. The number of hydrogen-bond acceptors (Lipinski definition) is 2. The molecule has 0 saturated carbocycles. The van der Waals surface area contributed by atoms with E-state index in [1.807, 2.05) is 7.05 Å². The molecule has 132 valence electrons. The third kappa shape index (κ3) is 4.44. The molecule has 0 aromatic heterocycles. The number of hydrogen-bond donors (Lipinski definition) is 1. The lowest BCUT2D eigenvalue weighted by Crippen LogP contribution is -2.46. The van der Waals surface area contributed by atoms with E-state index < -0.39 is 0 Å². The Morgan fingerprint density at radius 1 is 1.25 bits per heavy atom. The van der Waals surface area contributed by atoms with Crippen LogP contribution in [0.2, 0.25) is 0 Å². The third-order valence-electron chi connectivity index (χ3n) is 5.30. The number of nitrogens with zero attached hydrogens (tertiary/aromatic N) is 3. The van der Waals surface area contributed by atoms with Crippen LogP contribution < -0.4 is 10.2 Å². The number of piperidine rings is 1. The van der Waals surface area contributed by atoms with Gasteiger partial charge in [-0.2, -0.15) is 0 Å². The minimum absolute atomic E-state index is 0.685. The van der Waals surface area contributed by atoms with Crippen molar-refractivity contribution in [2.75, 3.05) is 44.7 Å². The van der Waals surface area contributed by atoms with Gasteiger partial charge in [0, 0.05) is 49.9 Å². The van der Waals surface area contributed by atoms with E-state index in [2.05, 4.69) is 67.2 Å². The summed E-state index contributed by atoms with van der Waals surface area (Å²) in [4.78, 5) is 9.40. The minimum atomic E-state index is 0.685. The Hall–Kier alpha value is -1.23. The fourth-order valence-electron chi connectivity index (χ4n) is 3.69. The number of benzene rings is 1. The van der Waals surface area contributed by atoms with Crippen molar-refractivity contribution in [3.63, 3.8) is 0 Å². The van der Waals surface area contributed by atoms with Crippen LogP contribution in [0.15, 0.2) is 33.7 Å². The van der Waals surface area contributed by atoms with E-state index in [-0.39, 0.29) is 0 Å². The molecular formula is C19H29BrN4. The summed E-state index contributed by atoms with van der Waals surface area (Å²) in [6.07, 6.45) is 3.80. The van der Waals surface area contributed by atoms with E-state index in [9.17, 15) is 0 Å². The molecule has 0 radical (unpaired) electrons. The van der Waals surface area contributed by atoms with Gasteiger partial charge in [0.25, 0.3) is 0 Å². The summed E-state index contributed by atoms with van der Waals surface area (Å²) < 4.78 is 1.15. The monoisotopic (exact) mass is 392 g/mol. The number of nitrogens with one attached hydrogen (secondary N) is 1. The van der Waals surface area contributed by atoms with Gasteiger partial charge >= 0.3 is 0 Å². The Balaban J connectivity index is 1.48. The summed E-state index contributed by atoms with van der Waals surface area (Å²) in [5.74, 6) is 2.63. The van der Waals surface area contributed by atoms with Crippen LogP contribution in [0.1, 0.15) is 26.2 Å². The Labute approximate surface area is 154 Å². The predicted molar refractivity (Wildman–Crippen MR) is 106 cm³/mol. The Kier molecular flexibility index (Phi) is 6.04. The first kappa shape index (κ1) is 17.6. The first-order valence-electron chi connectivity index (χ1n) is 9.12. The van der Waals surface area contributed by atoms with Crippen LogP contribution in [0, 0.1) is 11.8 Å². The highest BCUT2D eigenvalue weighted by molar-refractivity contribution is 9.10. The number of anilines is 1. The predicted octanol–water partition coefficient (Wildman–Crippen LogP) is 3.58. The van der Waals surface area contributed by atoms with Crippen LogP contribution in [0.4, 0.5) is 5.69 Å². The maximum atomic E-state index is 4.50. The molecule has 1 N–H and O–H groups in total. The minimum Gasteiger partial charge on any atom is -0.371 e. The van der Waals surface area contributed by atoms with Crippen LogP contribution in [0.3, 0.4) is 0 Å². The number of rotatable bonds is 3. The maximum Gasteiger partial charge on any atom is 0.193 e. The lowest BCUT2D eigenvalue weighted by atomic mass is 9.99. The van der Waals surface area contributed by atoms with Gasteiger partial charge in [-0.25, -0.2) is 0 Å². The van der Waals surface area contributed by atoms with Crippen LogP contribution in [-0.2, 0) is 0 Å². The molecule has 2 aliphatic heterocycles. The molecule has 24 heavy (non-hydrogen) atoms. The molecule has 1 unspecified atom stereocenters. The van der Waals surface area contributed by atoms with Crippen LogP contribution >= 0.6 is 15.9 Å². The molecule has 2 fully saturated rings. The summed E-state index contributed by atoms with van der Waals surface area (Å²) in [6, 6.07) is 8.62. The van der Waals surface area contributed by atoms with Crippen molar-refractivity contribution < 1.29 is 0 Å². The zero-order valence-electron chi connectivity index (χ0n) is 14.8. The Morgan fingerprint density at radius 2 is 2.04 bits per heavy atom. The summed E-state index contributed by atoms with van der Waals surface area (Å²) in [7, 11) is 1.91. The van der Waals surface area contributed by atoms with Crippen molar-refractivity contribution in [1.29, 1.82) is 0 Å². The van der Waals surface area contributed by atoms with E-state index in [0.717, 1.165) is 49.1 Å². The van der Waals surface area contributed by atoms with Gasteiger partial charge in [0.2, 0.25) is 0 Å². The highest BCUT2D eigenvalue weighted by Gasteiger charge is 2.24. The lowest BCUT2D eigenvalue weighted by Gasteiger charge is -2.33. The van der Waals surface area contributed by atoms with Crippen molar-refractivity contribution >= 4 is 27.6 Å². The molecule has 1 atom stereocenters. The summed E-state index contributed by atoms with van der Waals surface area (Å²) in [6.45, 7) is 7.90. The zero-order valence-corrected chi connectivity index (χ0v) is 16.4. The summed E-state index contributed by atoms with van der Waals surface area (Å²) in [5, 5.41) is 3.62. The quantitative estimate of drug-likeness (QED) is 0.629. The van der Waals surface area contributed by atoms with Gasteiger partial charge in [-0.05, 0) is 49.3 Å². The number of guanidine groups is 1. The Morgan fingerprint density at radius 3 is 2.75 bits per heavy atom. The lowest BCUT2D eigenvalue weighted by molar-refractivity contribution is 0.272. The van der Waals surface area contributed by atoms with Crippen molar-refractivity contribution in [2.45, 2.75) is 26.2 Å². The molecule has 5 heteroatoms. The van der Waals surface area contributed by atoms with Crippen molar-refractivity contribution in [3.05, 3.63) is 28.7 Å². The van der Waals surface area contributed by atoms with Gasteiger partial charge in [-0.15, -0.1) is 0 Å². The average molecular weight is 393 g/mol. The zero-order chi connectivity index (χ0) is 16.9. The summed E-state index contributed by atoms with van der Waals surface area (Å²) in [5.41, 5.74) is 1.32. The highest BCUT2D eigenvalue weighted by atomic mass is 79.9. The van der Waals surface area contributed by atoms with Crippen molar-refractivity contribution in [2.24, 2.45) is 16.8 Å². The number of likely N-dealkylation sites (tertiary alicyclic amines) is 1. The van der Waals surface area contributed by atoms with Gasteiger partial charge in [-0.3, -0.25) is 4.99 Å². The second-order valence-electron chi connectivity index (χ2n) is 7.18.